The van der Waals surface area contributed by atoms with Crippen LogP contribution in [0.3, 0.4) is 0 Å². The van der Waals surface area contributed by atoms with Crippen LogP contribution in [0, 0.1) is 0 Å². The molecule has 0 aromatic carbocycles. The molecule has 16 heavy (non-hydrogen) atoms. The molecule has 0 spiro atoms. The van der Waals surface area contributed by atoms with E-state index in [0.717, 1.165) is 0 Å². The fourth-order valence-corrected chi connectivity index (χ4v) is 0.851. The number of primary amides is 1. The number of carbonyl (C=O) groups is 4. The molecule has 0 saturated carbocycles. The lowest BCUT2D eigenvalue weighted by Gasteiger charge is -2.12. The van der Waals surface area contributed by atoms with Gasteiger partial charge in [0.1, 0.15) is 6.04 Å². The van der Waals surface area contributed by atoms with Gasteiger partial charge in [-0.2, -0.15) is 0 Å². The lowest BCUT2D eigenvalue weighted by atomic mass is 10.2. The van der Waals surface area contributed by atoms with Crippen LogP contribution < -0.4 is 16.4 Å². The van der Waals surface area contributed by atoms with Crippen molar-refractivity contribution in [1.82, 2.24) is 10.6 Å². The van der Waals surface area contributed by atoms with E-state index in [2.05, 4.69) is 5.32 Å². The first-order chi connectivity index (χ1) is 7.32. The van der Waals surface area contributed by atoms with Crippen molar-refractivity contribution in [2.75, 3.05) is 6.54 Å². The molecule has 0 rings (SSSR count). The number of nitrogens with two attached hydrogens (primary N) is 1. The molecular formula is C8H13N3O5. The van der Waals surface area contributed by atoms with Crippen molar-refractivity contribution >= 4 is 23.7 Å². The van der Waals surface area contributed by atoms with E-state index in [1.54, 1.807) is 0 Å². The molecule has 0 aliphatic carbocycles. The number of carboxylic acids is 1. The molecule has 5 N–H and O–H groups in total. The third kappa shape index (κ3) is 6.35. The van der Waals surface area contributed by atoms with E-state index in [0.29, 0.717) is 0 Å². The minimum atomic E-state index is -1.38. The fraction of sp³-hybridized carbons (Fsp3) is 0.500. The summed E-state index contributed by atoms with van der Waals surface area (Å²) in [5, 5.41) is 12.9. The van der Waals surface area contributed by atoms with E-state index in [1.165, 1.54) is 6.92 Å². The second-order valence-corrected chi connectivity index (χ2v) is 3.04. The summed E-state index contributed by atoms with van der Waals surface area (Å²) in [5.41, 5.74) is 4.81. The minimum Gasteiger partial charge on any atom is -0.480 e. The Morgan fingerprint density at radius 1 is 1.31 bits per heavy atom. The van der Waals surface area contributed by atoms with Gasteiger partial charge in [0.25, 0.3) is 0 Å². The average Bonchev–Trinajstić information content (AvgIpc) is 2.12. The Morgan fingerprint density at radius 2 is 1.88 bits per heavy atom. The molecule has 0 aliphatic rings. The molecule has 0 saturated heterocycles. The van der Waals surface area contributed by atoms with Gasteiger partial charge in [-0.3, -0.25) is 14.4 Å². The Labute approximate surface area is 91.2 Å². The fourth-order valence-electron chi connectivity index (χ4n) is 0.851. The highest BCUT2D eigenvalue weighted by Crippen LogP contribution is 1.91. The molecule has 0 heterocycles. The summed E-state index contributed by atoms with van der Waals surface area (Å²) >= 11 is 0. The molecule has 3 amide bonds. The first kappa shape index (κ1) is 13.9. The molecular weight excluding hydrogens is 218 g/mol. The van der Waals surface area contributed by atoms with Crippen molar-refractivity contribution in [3.05, 3.63) is 0 Å². The summed E-state index contributed by atoms with van der Waals surface area (Å²) in [6.45, 7) is 0.864. The van der Waals surface area contributed by atoms with Crippen molar-refractivity contribution in [2.24, 2.45) is 5.73 Å². The van der Waals surface area contributed by atoms with E-state index >= 15 is 0 Å². The Kier molecular flexibility index (Phi) is 5.53. The molecule has 0 unspecified atom stereocenters. The van der Waals surface area contributed by atoms with Crippen LogP contribution in [0.2, 0.25) is 0 Å². The van der Waals surface area contributed by atoms with Gasteiger partial charge in [0, 0.05) is 6.92 Å². The van der Waals surface area contributed by atoms with Crippen LogP contribution in [-0.2, 0) is 19.2 Å². The number of amides is 3. The summed E-state index contributed by atoms with van der Waals surface area (Å²) < 4.78 is 0. The van der Waals surface area contributed by atoms with E-state index < -0.39 is 36.2 Å². The zero-order valence-corrected chi connectivity index (χ0v) is 8.65. The predicted molar refractivity (Wildman–Crippen MR) is 52.1 cm³/mol. The van der Waals surface area contributed by atoms with Crippen molar-refractivity contribution in [2.45, 2.75) is 19.4 Å². The van der Waals surface area contributed by atoms with Gasteiger partial charge in [-0.05, 0) is 0 Å². The Balaban J connectivity index is 4.18. The zero-order valence-electron chi connectivity index (χ0n) is 8.65. The van der Waals surface area contributed by atoms with Crippen molar-refractivity contribution in [3.63, 3.8) is 0 Å². The summed E-state index contributed by atoms with van der Waals surface area (Å²) in [6.07, 6.45) is -0.499. The summed E-state index contributed by atoms with van der Waals surface area (Å²) in [4.78, 5) is 42.7. The molecule has 8 nitrogen and oxygen atoms in total. The summed E-state index contributed by atoms with van der Waals surface area (Å²) in [7, 11) is 0. The molecule has 0 radical (unpaired) electrons. The average molecular weight is 231 g/mol. The van der Waals surface area contributed by atoms with Gasteiger partial charge in [0.05, 0.1) is 13.0 Å². The number of hydrogen-bond donors (Lipinski definition) is 4. The van der Waals surface area contributed by atoms with Gasteiger partial charge in [-0.1, -0.05) is 0 Å². The third-order valence-corrected chi connectivity index (χ3v) is 1.54. The van der Waals surface area contributed by atoms with Gasteiger partial charge in [-0.15, -0.1) is 0 Å². The number of aliphatic carboxylic acids is 1. The minimum absolute atomic E-state index is 0.349. The Morgan fingerprint density at radius 3 is 2.25 bits per heavy atom. The maximum atomic E-state index is 11.1. The van der Waals surface area contributed by atoms with Crippen LogP contribution in [0.4, 0.5) is 0 Å². The smallest absolute Gasteiger partial charge is 0.326 e. The first-order valence-electron chi connectivity index (χ1n) is 4.38. The van der Waals surface area contributed by atoms with Crippen LogP contribution >= 0.6 is 0 Å². The Hall–Kier alpha value is -2.12. The molecule has 0 bridgehead atoms. The van der Waals surface area contributed by atoms with Gasteiger partial charge >= 0.3 is 5.97 Å². The predicted octanol–water partition coefficient (Wildman–Crippen LogP) is -2.43. The lowest BCUT2D eigenvalue weighted by molar-refractivity contribution is -0.143. The lowest BCUT2D eigenvalue weighted by Crippen LogP contribution is -2.46. The van der Waals surface area contributed by atoms with Gasteiger partial charge in [0.15, 0.2) is 0 Å². The van der Waals surface area contributed by atoms with Crippen LogP contribution in [0.25, 0.3) is 0 Å². The highest BCUT2D eigenvalue weighted by molar-refractivity contribution is 5.90. The number of rotatable bonds is 6. The maximum absolute atomic E-state index is 11.1. The van der Waals surface area contributed by atoms with Gasteiger partial charge < -0.3 is 21.5 Å². The van der Waals surface area contributed by atoms with Gasteiger partial charge in [-0.25, -0.2) is 4.79 Å². The van der Waals surface area contributed by atoms with E-state index in [9.17, 15) is 19.2 Å². The third-order valence-electron chi connectivity index (χ3n) is 1.54. The zero-order chi connectivity index (χ0) is 12.7. The number of carboxylic acid groups (broad SMARTS) is 1. The largest absolute Gasteiger partial charge is 0.480 e. The van der Waals surface area contributed by atoms with Crippen LogP contribution in [-0.4, -0.2) is 41.4 Å². The van der Waals surface area contributed by atoms with E-state index in [-0.39, 0.29) is 6.54 Å². The number of hydrogen-bond acceptors (Lipinski definition) is 4. The second-order valence-electron chi connectivity index (χ2n) is 3.04. The first-order valence-corrected chi connectivity index (χ1v) is 4.38. The van der Waals surface area contributed by atoms with Crippen molar-refractivity contribution in [1.29, 1.82) is 0 Å². The van der Waals surface area contributed by atoms with Crippen molar-refractivity contribution in [3.8, 4) is 0 Å². The quantitative estimate of drug-likeness (QED) is 0.402. The monoisotopic (exact) mass is 231 g/mol. The standard InChI is InChI=1S/C8H13N3O5/c1-4(12)10-3-7(14)11-5(8(15)16)2-6(9)13/h5H,2-3H2,1H3,(H2,9,13)(H,10,12)(H,11,14)(H,15,16)/t5-/m1/s1. The molecule has 90 valence electrons. The second kappa shape index (κ2) is 6.38. The van der Waals surface area contributed by atoms with Crippen LogP contribution in [0.1, 0.15) is 13.3 Å². The molecule has 0 aromatic heterocycles. The molecule has 0 aromatic rings. The molecule has 8 heteroatoms. The van der Waals surface area contributed by atoms with Crippen molar-refractivity contribution < 1.29 is 24.3 Å². The van der Waals surface area contributed by atoms with Crippen LogP contribution in [0.5, 0.6) is 0 Å². The molecule has 0 fully saturated rings. The van der Waals surface area contributed by atoms with E-state index in [1.807, 2.05) is 5.32 Å². The molecule has 1 atom stereocenters. The van der Waals surface area contributed by atoms with Gasteiger partial charge in [0.2, 0.25) is 17.7 Å². The topological polar surface area (TPSA) is 139 Å². The SMILES string of the molecule is CC(=O)NCC(=O)N[C@H](CC(N)=O)C(=O)O. The molecule has 0 aliphatic heterocycles. The van der Waals surface area contributed by atoms with Crippen LogP contribution in [0.15, 0.2) is 0 Å². The maximum Gasteiger partial charge on any atom is 0.326 e. The highest BCUT2D eigenvalue weighted by atomic mass is 16.4. The van der Waals surface area contributed by atoms with E-state index in [4.69, 9.17) is 10.8 Å². The Bertz CT molecular complexity index is 315. The normalized spacial score (nSPS) is 11.3. The number of nitrogens with one attached hydrogen (secondary N) is 2. The number of carbonyl (C=O) groups excluding carboxylic acids is 3. The highest BCUT2D eigenvalue weighted by Gasteiger charge is 2.21. The summed E-state index contributed by atoms with van der Waals surface area (Å²) in [5.74, 6) is -3.33. The summed E-state index contributed by atoms with van der Waals surface area (Å²) in [6, 6.07) is -1.38.